The Bertz CT molecular complexity index is 339. The quantitative estimate of drug-likeness (QED) is 0.377. The van der Waals surface area contributed by atoms with Crippen LogP contribution < -0.4 is 0 Å². The molecular formula is C9H7NO2. The first kappa shape index (κ1) is 8.28. The van der Waals surface area contributed by atoms with E-state index < -0.39 is 4.92 Å². The molecule has 0 aliphatic heterocycles. The molecule has 0 radical (unpaired) electrons. The summed E-state index contributed by atoms with van der Waals surface area (Å²) in [7, 11) is 0. The number of nitro groups is 1. The number of nitro benzene ring substituents is 1. The molecule has 0 saturated carbocycles. The van der Waals surface area contributed by atoms with Crippen LogP contribution in [0.15, 0.2) is 24.3 Å². The summed E-state index contributed by atoms with van der Waals surface area (Å²) >= 11 is 0. The van der Waals surface area contributed by atoms with Gasteiger partial charge >= 0.3 is 0 Å². The van der Waals surface area contributed by atoms with E-state index in [4.69, 9.17) is 6.42 Å². The monoisotopic (exact) mass is 161 g/mol. The molecule has 1 rings (SSSR count). The van der Waals surface area contributed by atoms with Crippen LogP contribution in [0.4, 0.5) is 5.69 Å². The topological polar surface area (TPSA) is 43.1 Å². The smallest absolute Gasteiger partial charge is 0.258 e. The van der Waals surface area contributed by atoms with E-state index in [0.29, 0.717) is 6.42 Å². The lowest BCUT2D eigenvalue weighted by Gasteiger charge is -1.94. The van der Waals surface area contributed by atoms with Gasteiger partial charge in [0.2, 0.25) is 0 Å². The fourth-order valence-corrected chi connectivity index (χ4v) is 0.898. The Morgan fingerprint density at radius 2 is 2.33 bits per heavy atom. The van der Waals surface area contributed by atoms with Gasteiger partial charge in [0.05, 0.1) is 4.92 Å². The van der Waals surface area contributed by atoms with Gasteiger partial charge in [0.1, 0.15) is 0 Å². The highest BCUT2D eigenvalue weighted by molar-refractivity contribution is 5.35. The highest BCUT2D eigenvalue weighted by Gasteiger charge is 2.03. The van der Waals surface area contributed by atoms with E-state index in [-0.39, 0.29) is 5.69 Å². The van der Waals surface area contributed by atoms with Gasteiger partial charge in [-0.05, 0) is 5.56 Å². The van der Waals surface area contributed by atoms with E-state index in [1.807, 2.05) is 0 Å². The SMILES string of the molecule is C#CCc1cccc([N+](=O)[O-])c1. The van der Waals surface area contributed by atoms with Gasteiger partial charge in [-0.3, -0.25) is 10.1 Å². The van der Waals surface area contributed by atoms with E-state index in [9.17, 15) is 10.1 Å². The van der Waals surface area contributed by atoms with E-state index in [1.54, 1.807) is 12.1 Å². The van der Waals surface area contributed by atoms with Gasteiger partial charge in [-0.15, -0.1) is 12.3 Å². The van der Waals surface area contributed by atoms with Crippen molar-refractivity contribution in [2.45, 2.75) is 6.42 Å². The van der Waals surface area contributed by atoms with Crippen molar-refractivity contribution in [1.82, 2.24) is 0 Å². The molecule has 0 heterocycles. The Hall–Kier alpha value is -1.82. The molecular weight excluding hydrogens is 154 g/mol. The Kier molecular flexibility index (Phi) is 2.44. The highest BCUT2D eigenvalue weighted by Crippen LogP contribution is 2.12. The molecule has 1 aromatic rings. The first-order valence-electron chi connectivity index (χ1n) is 3.41. The second kappa shape index (κ2) is 3.54. The van der Waals surface area contributed by atoms with Crippen LogP contribution in [-0.2, 0) is 6.42 Å². The number of non-ortho nitro benzene ring substituents is 1. The van der Waals surface area contributed by atoms with E-state index >= 15 is 0 Å². The molecule has 0 aromatic heterocycles. The van der Waals surface area contributed by atoms with Gasteiger partial charge in [0.25, 0.3) is 5.69 Å². The minimum absolute atomic E-state index is 0.0859. The molecule has 0 atom stereocenters. The predicted octanol–water partition coefficient (Wildman–Crippen LogP) is 1.77. The van der Waals surface area contributed by atoms with Crippen LogP contribution >= 0.6 is 0 Å². The normalized spacial score (nSPS) is 8.92. The fourth-order valence-electron chi connectivity index (χ4n) is 0.898. The second-order valence-electron chi connectivity index (χ2n) is 2.31. The van der Waals surface area contributed by atoms with Gasteiger partial charge in [-0.1, -0.05) is 12.1 Å². The number of nitrogens with zero attached hydrogens (tertiary/aromatic N) is 1. The number of rotatable bonds is 2. The zero-order valence-electron chi connectivity index (χ0n) is 6.36. The largest absolute Gasteiger partial charge is 0.269 e. The molecule has 0 fully saturated rings. The lowest BCUT2D eigenvalue weighted by molar-refractivity contribution is -0.384. The van der Waals surface area contributed by atoms with Crippen molar-refractivity contribution in [3.63, 3.8) is 0 Å². The minimum atomic E-state index is -0.431. The molecule has 3 nitrogen and oxygen atoms in total. The van der Waals surface area contributed by atoms with E-state index in [0.717, 1.165) is 5.56 Å². The third-order valence-corrected chi connectivity index (χ3v) is 1.43. The summed E-state index contributed by atoms with van der Waals surface area (Å²) in [6.07, 6.45) is 5.50. The Morgan fingerprint density at radius 3 is 2.92 bits per heavy atom. The first-order valence-corrected chi connectivity index (χ1v) is 3.41. The van der Waals surface area contributed by atoms with Crippen LogP contribution in [0.25, 0.3) is 0 Å². The number of hydrogen-bond donors (Lipinski definition) is 0. The molecule has 0 N–H and O–H groups in total. The van der Waals surface area contributed by atoms with Crippen molar-refractivity contribution in [3.05, 3.63) is 39.9 Å². The lowest BCUT2D eigenvalue weighted by atomic mass is 10.1. The summed E-state index contributed by atoms with van der Waals surface area (Å²) in [5.74, 6) is 2.43. The molecule has 0 amide bonds. The lowest BCUT2D eigenvalue weighted by Crippen LogP contribution is -1.89. The van der Waals surface area contributed by atoms with Gasteiger partial charge in [0.15, 0.2) is 0 Å². The van der Waals surface area contributed by atoms with Crippen molar-refractivity contribution in [3.8, 4) is 12.3 Å². The number of benzene rings is 1. The minimum Gasteiger partial charge on any atom is -0.258 e. The molecule has 0 saturated heterocycles. The molecule has 0 bridgehead atoms. The van der Waals surface area contributed by atoms with Crippen LogP contribution in [0.3, 0.4) is 0 Å². The maximum Gasteiger partial charge on any atom is 0.269 e. The molecule has 0 unspecified atom stereocenters. The third-order valence-electron chi connectivity index (χ3n) is 1.43. The van der Waals surface area contributed by atoms with Gasteiger partial charge in [-0.25, -0.2) is 0 Å². The highest BCUT2D eigenvalue weighted by atomic mass is 16.6. The van der Waals surface area contributed by atoms with Crippen molar-refractivity contribution in [1.29, 1.82) is 0 Å². The zero-order chi connectivity index (χ0) is 8.97. The summed E-state index contributed by atoms with van der Waals surface area (Å²) in [4.78, 5) is 9.88. The summed E-state index contributed by atoms with van der Waals surface area (Å²) < 4.78 is 0. The molecule has 0 spiro atoms. The summed E-state index contributed by atoms with van der Waals surface area (Å²) in [5.41, 5.74) is 0.884. The second-order valence-corrected chi connectivity index (χ2v) is 2.31. The van der Waals surface area contributed by atoms with Crippen LogP contribution in [0.5, 0.6) is 0 Å². The number of hydrogen-bond acceptors (Lipinski definition) is 2. The maximum atomic E-state index is 10.3. The fraction of sp³-hybridized carbons (Fsp3) is 0.111. The predicted molar refractivity (Wildman–Crippen MR) is 45.6 cm³/mol. The van der Waals surface area contributed by atoms with Crippen LogP contribution in [0, 0.1) is 22.5 Å². The van der Waals surface area contributed by atoms with Crippen molar-refractivity contribution in [2.75, 3.05) is 0 Å². The first-order chi connectivity index (χ1) is 5.74. The van der Waals surface area contributed by atoms with Gasteiger partial charge in [0, 0.05) is 18.6 Å². The standard InChI is InChI=1S/C9H7NO2/c1-2-4-8-5-3-6-9(7-8)10(11)12/h1,3,5-7H,4H2. The van der Waals surface area contributed by atoms with Crippen molar-refractivity contribution < 1.29 is 4.92 Å². The molecule has 12 heavy (non-hydrogen) atoms. The molecule has 0 aliphatic rings. The van der Waals surface area contributed by atoms with Crippen LogP contribution in [-0.4, -0.2) is 4.92 Å². The summed E-state index contributed by atoms with van der Waals surface area (Å²) in [6.45, 7) is 0. The third kappa shape index (κ3) is 1.83. The molecule has 60 valence electrons. The van der Waals surface area contributed by atoms with Crippen molar-refractivity contribution >= 4 is 5.69 Å². The van der Waals surface area contributed by atoms with E-state index in [2.05, 4.69) is 5.92 Å². The summed E-state index contributed by atoms with van der Waals surface area (Å²) in [6, 6.07) is 6.33. The molecule has 3 heteroatoms. The zero-order valence-corrected chi connectivity index (χ0v) is 6.36. The van der Waals surface area contributed by atoms with Crippen LogP contribution in [0.2, 0.25) is 0 Å². The average molecular weight is 161 g/mol. The average Bonchev–Trinajstić information content (AvgIpc) is 2.05. The maximum absolute atomic E-state index is 10.3. The van der Waals surface area contributed by atoms with Crippen LogP contribution in [0.1, 0.15) is 5.56 Å². The van der Waals surface area contributed by atoms with E-state index in [1.165, 1.54) is 12.1 Å². The molecule has 1 aromatic carbocycles. The Morgan fingerprint density at radius 1 is 1.58 bits per heavy atom. The summed E-state index contributed by atoms with van der Waals surface area (Å²) in [5, 5.41) is 10.3. The Balaban J connectivity index is 2.97. The molecule has 0 aliphatic carbocycles. The number of terminal acetylenes is 1. The van der Waals surface area contributed by atoms with Gasteiger partial charge < -0.3 is 0 Å². The Labute approximate surface area is 70.2 Å². The van der Waals surface area contributed by atoms with Gasteiger partial charge in [-0.2, -0.15) is 0 Å². The van der Waals surface area contributed by atoms with Crippen molar-refractivity contribution in [2.24, 2.45) is 0 Å².